The van der Waals surface area contributed by atoms with E-state index >= 15 is 0 Å². The molecular formula is C13H18N2O4. The van der Waals surface area contributed by atoms with Gasteiger partial charge in [0.2, 0.25) is 0 Å². The lowest BCUT2D eigenvalue weighted by Gasteiger charge is -2.12. The zero-order valence-electron chi connectivity index (χ0n) is 11.2. The van der Waals surface area contributed by atoms with Crippen molar-refractivity contribution in [1.29, 1.82) is 0 Å². The van der Waals surface area contributed by atoms with Crippen LogP contribution in [0.5, 0.6) is 5.75 Å². The first-order valence-electron chi connectivity index (χ1n) is 5.98. The number of carbonyl (C=O) groups excluding carboxylic acids is 2. The molecule has 104 valence electrons. The Labute approximate surface area is 112 Å². The number of amides is 2. The SMILES string of the molecule is CCC(C)NC(=O)Oc1cccc(NC(=O)OC)c1. The fourth-order valence-electron chi connectivity index (χ4n) is 1.25. The highest BCUT2D eigenvalue weighted by atomic mass is 16.6. The lowest BCUT2D eigenvalue weighted by atomic mass is 10.3. The molecule has 2 amide bonds. The van der Waals surface area contributed by atoms with Crippen LogP contribution in [0.25, 0.3) is 0 Å². The van der Waals surface area contributed by atoms with Crippen LogP contribution in [0.4, 0.5) is 15.3 Å². The largest absolute Gasteiger partial charge is 0.453 e. The summed E-state index contributed by atoms with van der Waals surface area (Å²) in [5, 5.41) is 5.16. The van der Waals surface area contributed by atoms with Gasteiger partial charge >= 0.3 is 12.2 Å². The fourth-order valence-corrected chi connectivity index (χ4v) is 1.25. The van der Waals surface area contributed by atoms with Crippen LogP contribution in [0, 0.1) is 0 Å². The Morgan fingerprint density at radius 1 is 1.32 bits per heavy atom. The second-order valence-electron chi connectivity index (χ2n) is 3.99. The van der Waals surface area contributed by atoms with Gasteiger partial charge in [0.1, 0.15) is 5.75 Å². The van der Waals surface area contributed by atoms with Crippen molar-refractivity contribution in [2.24, 2.45) is 0 Å². The molecule has 0 heterocycles. The van der Waals surface area contributed by atoms with Crippen molar-refractivity contribution in [2.75, 3.05) is 12.4 Å². The van der Waals surface area contributed by atoms with E-state index < -0.39 is 12.2 Å². The normalized spacial score (nSPS) is 11.3. The maximum absolute atomic E-state index is 11.5. The minimum atomic E-state index is -0.582. The van der Waals surface area contributed by atoms with Crippen molar-refractivity contribution in [3.8, 4) is 5.75 Å². The van der Waals surface area contributed by atoms with E-state index in [1.807, 2.05) is 13.8 Å². The molecule has 0 saturated heterocycles. The van der Waals surface area contributed by atoms with E-state index in [4.69, 9.17) is 4.74 Å². The molecule has 1 unspecified atom stereocenters. The Morgan fingerprint density at radius 2 is 2.05 bits per heavy atom. The van der Waals surface area contributed by atoms with Crippen molar-refractivity contribution in [1.82, 2.24) is 5.32 Å². The van der Waals surface area contributed by atoms with Gasteiger partial charge in [-0.25, -0.2) is 9.59 Å². The van der Waals surface area contributed by atoms with Gasteiger partial charge in [-0.15, -0.1) is 0 Å². The van der Waals surface area contributed by atoms with Gasteiger partial charge in [0.15, 0.2) is 0 Å². The van der Waals surface area contributed by atoms with Crippen molar-refractivity contribution in [2.45, 2.75) is 26.3 Å². The van der Waals surface area contributed by atoms with E-state index in [-0.39, 0.29) is 6.04 Å². The minimum absolute atomic E-state index is 0.0453. The van der Waals surface area contributed by atoms with Gasteiger partial charge in [0, 0.05) is 17.8 Å². The van der Waals surface area contributed by atoms with E-state index in [2.05, 4.69) is 15.4 Å². The average molecular weight is 266 g/mol. The summed E-state index contributed by atoms with van der Waals surface area (Å²) in [6.07, 6.45) is -0.287. The molecule has 0 bridgehead atoms. The van der Waals surface area contributed by atoms with Gasteiger partial charge in [0.25, 0.3) is 0 Å². The lowest BCUT2D eigenvalue weighted by molar-refractivity contribution is 0.187. The molecular weight excluding hydrogens is 248 g/mol. The van der Waals surface area contributed by atoms with Crippen LogP contribution in [-0.4, -0.2) is 25.3 Å². The molecule has 0 aromatic heterocycles. The molecule has 19 heavy (non-hydrogen) atoms. The molecule has 2 N–H and O–H groups in total. The van der Waals surface area contributed by atoms with Crippen LogP contribution in [0.3, 0.4) is 0 Å². The lowest BCUT2D eigenvalue weighted by Crippen LogP contribution is -2.34. The molecule has 0 aliphatic heterocycles. The molecule has 1 rings (SSSR count). The molecule has 0 aliphatic rings. The third kappa shape index (κ3) is 5.29. The molecule has 0 saturated carbocycles. The number of rotatable bonds is 4. The van der Waals surface area contributed by atoms with Crippen molar-refractivity contribution >= 4 is 17.9 Å². The minimum Gasteiger partial charge on any atom is -0.453 e. The summed E-state index contributed by atoms with van der Waals surface area (Å²) in [6.45, 7) is 3.85. The highest BCUT2D eigenvalue weighted by Crippen LogP contribution is 2.17. The van der Waals surface area contributed by atoms with Crippen LogP contribution < -0.4 is 15.4 Å². The maximum Gasteiger partial charge on any atom is 0.412 e. The van der Waals surface area contributed by atoms with Crippen LogP contribution in [0.15, 0.2) is 24.3 Å². The van der Waals surface area contributed by atoms with Gasteiger partial charge in [-0.1, -0.05) is 13.0 Å². The quantitative estimate of drug-likeness (QED) is 0.878. The molecule has 1 aromatic carbocycles. The Morgan fingerprint density at radius 3 is 2.68 bits per heavy atom. The van der Waals surface area contributed by atoms with E-state index in [0.29, 0.717) is 11.4 Å². The second-order valence-corrected chi connectivity index (χ2v) is 3.99. The second kappa shape index (κ2) is 7.25. The number of carbonyl (C=O) groups is 2. The summed E-state index contributed by atoms with van der Waals surface area (Å²) in [7, 11) is 1.27. The number of anilines is 1. The predicted octanol–water partition coefficient (Wildman–Crippen LogP) is 2.75. The Hall–Kier alpha value is -2.24. The molecule has 6 nitrogen and oxygen atoms in total. The molecule has 0 aliphatic carbocycles. The zero-order chi connectivity index (χ0) is 14.3. The first-order chi connectivity index (χ1) is 9.05. The van der Waals surface area contributed by atoms with Gasteiger partial charge in [0.05, 0.1) is 7.11 Å². The van der Waals surface area contributed by atoms with Crippen molar-refractivity contribution in [3.63, 3.8) is 0 Å². The number of methoxy groups -OCH3 is 1. The topological polar surface area (TPSA) is 76.7 Å². The smallest absolute Gasteiger partial charge is 0.412 e. The Bertz CT molecular complexity index is 448. The monoisotopic (exact) mass is 266 g/mol. The van der Waals surface area contributed by atoms with E-state index in [1.54, 1.807) is 18.2 Å². The molecule has 1 atom stereocenters. The van der Waals surface area contributed by atoms with Crippen LogP contribution >= 0.6 is 0 Å². The van der Waals surface area contributed by atoms with Crippen molar-refractivity contribution in [3.05, 3.63) is 24.3 Å². The summed E-state index contributed by atoms with van der Waals surface area (Å²) in [6, 6.07) is 6.53. The first-order valence-corrected chi connectivity index (χ1v) is 5.98. The number of benzene rings is 1. The van der Waals surface area contributed by atoms with Gasteiger partial charge in [-0.05, 0) is 25.5 Å². The summed E-state index contributed by atoms with van der Waals surface area (Å²) in [5.74, 6) is 0.342. The number of nitrogens with one attached hydrogen (secondary N) is 2. The molecule has 6 heteroatoms. The summed E-state index contributed by atoms with van der Waals surface area (Å²) in [5.41, 5.74) is 0.487. The van der Waals surface area contributed by atoms with Gasteiger partial charge < -0.3 is 14.8 Å². The van der Waals surface area contributed by atoms with Gasteiger partial charge in [-0.3, -0.25) is 5.32 Å². The first kappa shape index (κ1) is 14.8. The predicted molar refractivity (Wildman–Crippen MR) is 71.4 cm³/mol. The standard InChI is InChI=1S/C13H18N2O4/c1-4-9(2)14-13(17)19-11-7-5-6-10(8-11)15-12(16)18-3/h5-9H,4H2,1-3H3,(H,14,17)(H,15,16). The summed E-state index contributed by atoms with van der Waals surface area (Å²) >= 11 is 0. The molecule has 0 radical (unpaired) electrons. The molecule has 0 spiro atoms. The Balaban J connectivity index is 2.61. The van der Waals surface area contributed by atoms with Crippen LogP contribution in [0.1, 0.15) is 20.3 Å². The van der Waals surface area contributed by atoms with E-state index in [9.17, 15) is 9.59 Å². The zero-order valence-corrected chi connectivity index (χ0v) is 11.2. The van der Waals surface area contributed by atoms with E-state index in [1.165, 1.54) is 13.2 Å². The van der Waals surface area contributed by atoms with E-state index in [0.717, 1.165) is 6.42 Å². The summed E-state index contributed by atoms with van der Waals surface area (Å²) < 4.78 is 9.57. The summed E-state index contributed by atoms with van der Waals surface area (Å²) in [4.78, 5) is 22.6. The third-order valence-corrected chi connectivity index (χ3v) is 2.45. The highest BCUT2D eigenvalue weighted by Gasteiger charge is 2.08. The molecule has 0 fully saturated rings. The van der Waals surface area contributed by atoms with Crippen molar-refractivity contribution < 1.29 is 19.1 Å². The Kier molecular flexibility index (Phi) is 5.66. The number of hydrogen-bond acceptors (Lipinski definition) is 4. The fraction of sp³-hybridized carbons (Fsp3) is 0.385. The van der Waals surface area contributed by atoms with Crippen LogP contribution in [-0.2, 0) is 4.74 Å². The van der Waals surface area contributed by atoms with Gasteiger partial charge in [-0.2, -0.15) is 0 Å². The molecule has 1 aromatic rings. The van der Waals surface area contributed by atoms with Crippen LogP contribution in [0.2, 0.25) is 0 Å². The number of hydrogen-bond donors (Lipinski definition) is 2. The number of ether oxygens (including phenoxy) is 2. The average Bonchev–Trinajstić information content (AvgIpc) is 2.38. The maximum atomic E-state index is 11.5. The third-order valence-electron chi connectivity index (χ3n) is 2.45. The highest BCUT2D eigenvalue weighted by molar-refractivity contribution is 5.84.